The van der Waals surface area contributed by atoms with E-state index in [1.807, 2.05) is 18.2 Å². The van der Waals surface area contributed by atoms with Gasteiger partial charge in [-0.2, -0.15) is 0 Å². The monoisotopic (exact) mass is 307 g/mol. The number of nitrogens with zero attached hydrogens (tertiary/aromatic N) is 2. The van der Waals surface area contributed by atoms with Crippen molar-refractivity contribution in [3.05, 3.63) is 57.6 Å². The Morgan fingerprint density at radius 2 is 2.05 bits per heavy atom. The Labute approximate surface area is 128 Å². The summed E-state index contributed by atoms with van der Waals surface area (Å²) in [5.74, 6) is 0.782. The maximum absolute atomic E-state index is 6.18. The van der Waals surface area contributed by atoms with E-state index in [0.717, 1.165) is 23.6 Å². The molecule has 0 atom stereocenters. The topological polar surface area (TPSA) is 37.8 Å². The third-order valence-corrected chi connectivity index (χ3v) is 3.86. The van der Waals surface area contributed by atoms with Gasteiger partial charge < -0.3 is 5.32 Å². The van der Waals surface area contributed by atoms with Crippen LogP contribution in [0.3, 0.4) is 0 Å². The summed E-state index contributed by atoms with van der Waals surface area (Å²) in [6.07, 6.45) is 4.97. The van der Waals surface area contributed by atoms with Crippen molar-refractivity contribution < 1.29 is 0 Å². The molecule has 0 bridgehead atoms. The number of halogens is 2. The zero-order valence-corrected chi connectivity index (χ0v) is 12.5. The second-order valence-electron chi connectivity index (χ2n) is 5.03. The molecule has 1 N–H and O–H groups in total. The van der Waals surface area contributed by atoms with Crippen molar-refractivity contribution in [2.24, 2.45) is 0 Å². The smallest absolute Gasteiger partial charge is 0.133 e. The van der Waals surface area contributed by atoms with Crippen LogP contribution in [-0.2, 0) is 13.0 Å². The number of hydrogen-bond acceptors (Lipinski definition) is 3. The van der Waals surface area contributed by atoms with E-state index in [2.05, 4.69) is 15.3 Å². The minimum atomic E-state index is 0.618. The van der Waals surface area contributed by atoms with E-state index < -0.39 is 0 Å². The zero-order valence-electron chi connectivity index (χ0n) is 10.9. The van der Waals surface area contributed by atoms with Crippen molar-refractivity contribution in [1.29, 1.82) is 0 Å². The molecule has 1 saturated carbocycles. The van der Waals surface area contributed by atoms with Gasteiger partial charge in [0.1, 0.15) is 5.82 Å². The van der Waals surface area contributed by atoms with Crippen LogP contribution in [0.25, 0.3) is 0 Å². The predicted molar refractivity (Wildman–Crippen MR) is 81.2 cm³/mol. The molecule has 20 heavy (non-hydrogen) atoms. The number of nitrogens with one attached hydrogen (secondary N) is 1. The van der Waals surface area contributed by atoms with E-state index in [-0.39, 0.29) is 0 Å². The number of hydrogen-bond donors (Lipinski definition) is 1. The van der Waals surface area contributed by atoms with Gasteiger partial charge in [-0.15, -0.1) is 0 Å². The number of rotatable bonds is 5. The van der Waals surface area contributed by atoms with Gasteiger partial charge in [0.2, 0.25) is 0 Å². The molecule has 0 aliphatic heterocycles. The number of aromatic nitrogens is 2. The molecule has 1 aliphatic rings. The average molecular weight is 308 g/mol. The first-order valence-corrected chi connectivity index (χ1v) is 7.44. The highest BCUT2D eigenvalue weighted by molar-refractivity contribution is 6.35. The Bertz CT molecular complexity index is 612. The van der Waals surface area contributed by atoms with E-state index in [1.165, 1.54) is 12.8 Å². The molecule has 3 nitrogen and oxygen atoms in total. The van der Waals surface area contributed by atoms with Crippen molar-refractivity contribution in [3.63, 3.8) is 0 Å². The minimum absolute atomic E-state index is 0.618. The maximum atomic E-state index is 6.18. The lowest BCUT2D eigenvalue weighted by Gasteiger charge is -2.06. The molecule has 1 aromatic carbocycles. The van der Waals surface area contributed by atoms with Crippen molar-refractivity contribution in [1.82, 2.24) is 15.3 Å². The lowest BCUT2D eigenvalue weighted by atomic mass is 10.1. The molecular weight excluding hydrogens is 293 g/mol. The first kappa shape index (κ1) is 13.8. The summed E-state index contributed by atoms with van der Waals surface area (Å²) < 4.78 is 0. The van der Waals surface area contributed by atoms with Gasteiger partial charge in [-0.1, -0.05) is 29.3 Å². The third kappa shape index (κ3) is 3.69. The Morgan fingerprint density at radius 1 is 1.20 bits per heavy atom. The van der Waals surface area contributed by atoms with Crippen LogP contribution in [0.5, 0.6) is 0 Å². The molecule has 1 aromatic heterocycles. The highest BCUT2D eigenvalue weighted by Crippen LogP contribution is 2.22. The van der Waals surface area contributed by atoms with Gasteiger partial charge in [0.25, 0.3) is 0 Å². The van der Waals surface area contributed by atoms with Crippen LogP contribution in [-0.4, -0.2) is 16.0 Å². The fraction of sp³-hybridized carbons (Fsp3) is 0.333. The first-order chi connectivity index (χ1) is 9.70. The van der Waals surface area contributed by atoms with Gasteiger partial charge in [-0.3, -0.25) is 0 Å². The number of benzene rings is 1. The molecule has 0 unspecified atom stereocenters. The Kier molecular flexibility index (Phi) is 4.20. The summed E-state index contributed by atoms with van der Waals surface area (Å²) in [6, 6.07) is 8.13. The molecule has 0 radical (unpaired) electrons. The van der Waals surface area contributed by atoms with E-state index in [1.54, 1.807) is 12.3 Å². The summed E-state index contributed by atoms with van der Waals surface area (Å²) >= 11 is 12.1. The molecule has 0 saturated heterocycles. The Hall–Kier alpha value is -1.16. The van der Waals surface area contributed by atoms with Crippen LogP contribution in [0.2, 0.25) is 10.0 Å². The van der Waals surface area contributed by atoms with Crippen molar-refractivity contribution in [2.75, 3.05) is 0 Å². The zero-order chi connectivity index (χ0) is 13.9. The standard InChI is InChI=1S/C15H15Cl2N3/c16-11-2-1-10(14(17)8-11)7-15-18-6-5-13(20-15)9-19-12-3-4-12/h1-2,5-6,8,12,19H,3-4,7,9H2. The van der Waals surface area contributed by atoms with Crippen LogP contribution in [0.15, 0.2) is 30.5 Å². The third-order valence-electron chi connectivity index (χ3n) is 3.28. The van der Waals surface area contributed by atoms with Crippen molar-refractivity contribution in [3.8, 4) is 0 Å². The molecule has 1 aliphatic carbocycles. The molecule has 1 heterocycles. The highest BCUT2D eigenvalue weighted by atomic mass is 35.5. The van der Waals surface area contributed by atoms with E-state index in [0.29, 0.717) is 22.5 Å². The first-order valence-electron chi connectivity index (χ1n) is 6.69. The van der Waals surface area contributed by atoms with E-state index in [4.69, 9.17) is 23.2 Å². The van der Waals surface area contributed by atoms with Gasteiger partial charge in [0.15, 0.2) is 0 Å². The van der Waals surface area contributed by atoms with Gasteiger partial charge in [-0.05, 0) is 36.6 Å². The summed E-state index contributed by atoms with van der Waals surface area (Å²) in [4.78, 5) is 8.88. The van der Waals surface area contributed by atoms with Gasteiger partial charge in [0, 0.05) is 35.2 Å². The van der Waals surface area contributed by atoms with Gasteiger partial charge in [-0.25, -0.2) is 9.97 Å². The second-order valence-corrected chi connectivity index (χ2v) is 5.88. The molecule has 0 spiro atoms. The van der Waals surface area contributed by atoms with Crippen LogP contribution in [0.4, 0.5) is 0 Å². The predicted octanol–water partition coefficient (Wildman–Crippen LogP) is 3.63. The molecule has 2 aromatic rings. The van der Waals surface area contributed by atoms with Crippen molar-refractivity contribution in [2.45, 2.75) is 31.8 Å². The minimum Gasteiger partial charge on any atom is -0.308 e. The van der Waals surface area contributed by atoms with Crippen LogP contribution < -0.4 is 5.32 Å². The molecule has 104 valence electrons. The molecule has 0 amide bonds. The Morgan fingerprint density at radius 3 is 2.80 bits per heavy atom. The Balaban J connectivity index is 1.70. The maximum Gasteiger partial charge on any atom is 0.133 e. The van der Waals surface area contributed by atoms with Crippen LogP contribution in [0.1, 0.15) is 29.9 Å². The summed E-state index contributed by atoms with van der Waals surface area (Å²) in [5, 5.41) is 4.74. The molecule has 3 rings (SSSR count). The lowest BCUT2D eigenvalue weighted by Crippen LogP contribution is -2.16. The highest BCUT2D eigenvalue weighted by Gasteiger charge is 2.20. The fourth-order valence-electron chi connectivity index (χ4n) is 2.00. The van der Waals surface area contributed by atoms with E-state index in [9.17, 15) is 0 Å². The molecular formula is C15H15Cl2N3. The summed E-state index contributed by atoms with van der Waals surface area (Å²) in [5.41, 5.74) is 2.01. The SMILES string of the molecule is Clc1ccc(Cc2nccc(CNC3CC3)n2)c(Cl)c1. The largest absolute Gasteiger partial charge is 0.308 e. The second kappa shape index (κ2) is 6.08. The van der Waals surface area contributed by atoms with Crippen molar-refractivity contribution >= 4 is 23.2 Å². The lowest BCUT2D eigenvalue weighted by molar-refractivity contribution is 0.668. The van der Waals surface area contributed by atoms with Gasteiger partial charge in [0.05, 0.1) is 5.69 Å². The summed E-state index contributed by atoms with van der Waals surface area (Å²) in [7, 11) is 0. The van der Waals surface area contributed by atoms with Crippen LogP contribution in [0, 0.1) is 0 Å². The van der Waals surface area contributed by atoms with E-state index >= 15 is 0 Å². The summed E-state index contributed by atoms with van der Waals surface area (Å²) in [6.45, 7) is 0.800. The normalized spacial score (nSPS) is 14.5. The molecule has 5 heteroatoms. The fourth-order valence-corrected chi connectivity index (χ4v) is 2.47. The van der Waals surface area contributed by atoms with Crippen LogP contribution >= 0.6 is 23.2 Å². The quantitative estimate of drug-likeness (QED) is 0.916. The molecule has 1 fully saturated rings. The van der Waals surface area contributed by atoms with Gasteiger partial charge >= 0.3 is 0 Å². The average Bonchev–Trinajstić information content (AvgIpc) is 3.24.